The molecule has 0 bridgehead atoms. The first-order valence-electron chi connectivity index (χ1n) is 9.82. The molecule has 0 unspecified atom stereocenters. The minimum absolute atomic E-state index is 0.0475. The molecule has 0 aliphatic heterocycles. The molecule has 1 fully saturated rings. The highest BCUT2D eigenvalue weighted by atomic mass is 32.2. The van der Waals surface area contributed by atoms with E-state index < -0.39 is 5.82 Å². The molecule has 1 N–H and O–H groups in total. The predicted octanol–water partition coefficient (Wildman–Crippen LogP) is 4.77. The van der Waals surface area contributed by atoms with Crippen LogP contribution >= 0.6 is 11.8 Å². The average molecular weight is 412 g/mol. The highest BCUT2D eigenvalue weighted by Gasteiger charge is 2.22. The number of nitrogens with one attached hydrogen (secondary N) is 1. The van der Waals surface area contributed by atoms with Gasteiger partial charge in [-0.2, -0.15) is 0 Å². The number of hydrogen-bond acceptors (Lipinski definition) is 4. The number of thioether (sulfide) groups is 1. The largest absolute Gasteiger partial charge is 0.323 e. The van der Waals surface area contributed by atoms with Crippen LogP contribution in [0.25, 0.3) is 10.9 Å². The maximum Gasteiger partial charge on any atom is 0.262 e. The van der Waals surface area contributed by atoms with Crippen molar-refractivity contribution in [3.05, 3.63) is 64.7 Å². The summed E-state index contributed by atoms with van der Waals surface area (Å²) in [5, 5.41) is 3.72. The summed E-state index contributed by atoms with van der Waals surface area (Å²) in [6.07, 6.45) is 5.23. The number of carbonyl (C=O) groups is 1. The minimum atomic E-state index is -0.478. The fourth-order valence-corrected chi connectivity index (χ4v) is 4.63. The second-order valence-electron chi connectivity index (χ2n) is 7.20. The molecule has 1 aromatic heterocycles. The van der Waals surface area contributed by atoms with Gasteiger partial charge in [0.15, 0.2) is 5.16 Å². The first-order valence-corrected chi connectivity index (χ1v) is 10.8. The summed E-state index contributed by atoms with van der Waals surface area (Å²) >= 11 is 1.22. The third-order valence-electron chi connectivity index (χ3n) is 5.20. The fraction of sp³-hybridized carbons (Fsp3) is 0.318. The van der Waals surface area contributed by atoms with Gasteiger partial charge in [-0.25, -0.2) is 9.37 Å². The van der Waals surface area contributed by atoms with Gasteiger partial charge in [-0.05, 0) is 37.1 Å². The molecular formula is C22H22FN3O2S. The Morgan fingerprint density at radius 1 is 1.10 bits per heavy atom. The van der Waals surface area contributed by atoms with E-state index in [1.807, 2.05) is 18.2 Å². The quantitative estimate of drug-likeness (QED) is 0.485. The van der Waals surface area contributed by atoms with Gasteiger partial charge in [-0.1, -0.05) is 55.3 Å². The molecule has 2 aromatic carbocycles. The molecule has 0 radical (unpaired) electrons. The third kappa shape index (κ3) is 4.34. The third-order valence-corrected chi connectivity index (χ3v) is 6.15. The molecule has 0 spiro atoms. The Morgan fingerprint density at radius 3 is 2.62 bits per heavy atom. The Labute approximate surface area is 172 Å². The van der Waals surface area contributed by atoms with Gasteiger partial charge in [0.25, 0.3) is 5.56 Å². The number of anilines is 1. The fourth-order valence-electron chi connectivity index (χ4n) is 3.77. The lowest BCUT2D eigenvalue weighted by atomic mass is 9.95. The maximum atomic E-state index is 13.8. The van der Waals surface area contributed by atoms with Crippen LogP contribution in [-0.4, -0.2) is 21.2 Å². The van der Waals surface area contributed by atoms with E-state index in [9.17, 15) is 14.0 Å². The van der Waals surface area contributed by atoms with Crippen molar-refractivity contribution in [1.29, 1.82) is 0 Å². The van der Waals surface area contributed by atoms with Crippen LogP contribution in [0.2, 0.25) is 0 Å². The van der Waals surface area contributed by atoms with Gasteiger partial charge < -0.3 is 5.32 Å². The van der Waals surface area contributed by atoms with Crippen LogP contribution in [0.3, 0.4) is 0 Å². The molecule has 1 aliphatic rings. The van der Waals surface area contributed by atoms with Crippen molar-refractivity contribution in [2.45, 2.75) is 43.3 Å². The van der Waals surface area contributed by atoms with Gasteiger partial charge in [0.05, 0.1) is 22.3 Å². The second kappa shape index (κ2) is 8.78. The van der Waals surface area contributed by atoms with E-state index in [4.69, 9.17) is 0 Å². The molecular weight excluding hydrogens is 389 g/mol. The number of halogens is 1. The average Bonchev–Trinajstić information content (AvgIpc) is 2.75. The molecule has 4 rings (SSSR count). The van der Waals surface area contributed by atoms with Gasteiger partial charge in [0.2, 0.25) is 5.91 Å². The Kier molecular flexibility index (Phi) is 5.94. The summed E-state index contributed by atoms with van der Waals surface area (Å²) in [5.41, 5.74) is 0.718. The number of hydrogen-bond donors (Lipinski definition) is 1. The second-order valence-corrected chi connectivity index (χ2v) is 8.14. The van der Waals surface area contributed by atoms with Crippen LogP contribution in [0.1, 0.15) is 38.1 Å². The van der Waals surface area contributed by atoms with Crippen molar-refractivity contribution in [2.24, 2.45) is 0 Å². The maximum absolute atomic E-state index is 13.8. The molecule has 1 heterocycles. The molecule has 3 aromatic rings. The highest BCUT2D eigenvalue weighted by molar-refractivity contribution is 7.99. The Morgan fingerprint density at radius 2 is 1.83 bits per heavy atom. The highest BCUT2D eigenvalue weighted by Crippen LogP contribution is 2.31. The zero-order valence-electron chi connectivity index (χ0n) is 15.9. The lowest BCUT2D eigenvalue weighted by Gasteiger charge is -2.26. The summed E-state index contributed by atoms with van der Waals surface area (Å²) in [7, 11) is 0. The van der Waals surface area contributed by atoms with E-state index in [0.29, 0.717) is 16.1 Å². The monoisotopic (exact) mass is 411 g/mol. The first-order chi connectivity index (χ1) is 14.1. The van der Waals surface area contributed by atoms with Crippen molar-refractivity contribution in [3.63, 3.8) is 0 Å². The first kappa shape index (κ1) is 19.6. The summed E-state index contributed by atoms with van der Waals surface area (Å²) in [5.74, 6) is -0.766. The zero-order chi connectivity index (χ0) is 20.2. The number of fused-ring (bicyclic) bond motifs is 1. The van der Waals surface area contributed by atoms with E-state index in [-0.39, 0.29) is 28.9 Å². The molecule has 29 heavy (non-hydrogen) atoms. The summed E-state index contributed by atoms with van der Waals surface area (Å²) in [6.45, 7) is 0. The summed E-state index contributed by atoms with van der Waals surface area (Å²) < 4.78 is 15.5. The van der Waals surface area contributed by atoms with Crippen LogP contribution in [0.15, 0.2) is 58.5 Å². The molecule has 0 saturated heterocycles. The van der Waals surface area contributed by atoms with E-state index in [1.165, 1.54) is 30.3 Å². The number of para-hydroxylation sites is 2. The normalized spacial score (nSPS) is 14.8. The lowest BCUT2D eigenvalue weighted by molar-refractivity contribution is -0.113. The van der Waals surface area contributed by atoms with Gasteiger partial charge in [0.1, 0.15) is 5.82 Å². The van der Waals surface area contributed by atoms with E-state index in [1.54, 1.807) is 22.8 Å². The number of carbonyl (C=O) groups excluding carboxylic acids is 1. The topological polar surface area (TPSA) is 64.0 Å². The van der Waals surface area contributed by atoms with Crippen molar-refractivity contribution >= 4 is 34.3 Å². The summed E-state index contributed by atoms with van der Waals surface area (Å²) in [6, 6.07) is 13.4. The smallest absolute Gasteiger partial charge is 0.262 e. The van der Waals surface area contributed by atoms with Gasteiger partial charge in [-0.3, -0.25) is 14.2 Å². The Balaban J connectivity index is 1.61. The molecule has 0 atom stereocenters. The zero-order valence-corrected chi connectivity index (χ0v) is 16.8. The Hall–Kier alpha value is -2.67. The number of aromatic nitrogens is 2. The van der Waals surface area contributed by atoms with Gasteiger partial charge >= 0.3 is 0 Å². The minimum Gasteiger partial charge on any atom is -0.323 e. The molecule has 1 amide bonds. The van der Waals surface area contributed by atoms with Crippen LogP contribution in [0.5, 0.6) is 0 Å². The Bertz CT molecular complexity index is 1090. The molecule has 5 nitrogen and oxygen atoms in total. The van der Waals surface area contributed by atoms with Crippen LogP contribution in [-0.2, 0) is 4.79 Å². The van der Waals surface area contributed by atoms with Crippen LogP contribution in [0, 0.1) is 5.82 Å². The SMILES string of the molecule is O=C(CSc1nc2ccccc2c(=O)n1C1CCCCC1)Nc1ccccc1F. The molecule has 7 heteroatoms. The van der Waals surface area contributed by atoms with Crippen molar-refractivity contribution in [1.82, 2.24) is 9.55 Å². The van der Waals surface area contributed by atoms with Crippen molar-refractivity contribution in [3.8, 4) is 0 Å². The molecule has 1 aliphatic carbocycles. The number of benzene rings is 2. The van der Waals surface area contributed by atoms with Gasteiger partial charge in [-0.15, -0.1) is 0 Å². The predicted molar refractivity (Wildman–Crippen MR) is 114 cm³/mol. The van der Waals surface area contributed by atoms with Gasteiger partial charge in [0, 0.05) is 6.04 Å². The number of rotatable bonds is 5. The standard InChI is InChI=1S/C22H22FN3O2S/c23-17-11-5-7-13-19(17)24-20(27)14-29-22-25-18-12-6-4-10-16(18)21(28)26(22)15-8-2-1-3-9-15/h4-7,10-13,15H,1-3,8-9,14H2,(H,24,27). The van der Waals surface area contributed by atoms with Crippen LogP contribution in [0.4, 0.5) is 10.1 Å². The lowest BCUT2D eigenvalue weighted by Crippen LogP contribution is -2.29. The molecule has 150 valence electrons. The number of amides is 1. The summed E-state index contributed by atoms with van der Waals surface area (Å²) in [4.78, 5) is 30.2. The van der Waals surface area contributed by atoms with Crippen molar-refractivity contribution in [2.75, 3.05) is 11.1 Å². The van der Waals surface area contributed by atoms with Crippen molar-refractivity contribution < 1.29 is 9.18 Å². The number of nitrogens with zero attached hydrogens (tertiary/aromatic N) is 2. The van der Waals surface area contributed by atoms with Crippen LogP contribution < -0.4 is 10.9 Å². The van der Waals surface area contributed by atoms with E-state index in [0.717, 1.165) is 25.7 Å². The molecule has 1 saturated carbocycles. The van der Waals surface area contributed by atoms with E-state index >= 15 is 0 Å². The van der Waals surface area contributed by atoms with E-state index in [2.05, 4.69) is 10.3 Å².